The van der Waals surface area contributed by atoms with Gasteiger partial charge in [0.2, 0.25) is 0 Å². The second-order valence-corrected chi connectivity index (χ2v) is 6.45. The maximum atomic E-state index is 12.8. The number of nitrogens with one attached hydrogen (secondary N) is 1. The molecule has 0 aliphatic heterocycles. The highest BCUT2D eigenvalue weighted by Crippen LogP contribution is 2.29. The summed E-state index contributed by atoms with van der Waals surface area (Å²) in [6.07, 6.45) is -3.12. The Labute approximate surface area is 178 Å². The Morgan fingerprint density at radius 2 is 1.73 bits per heavy atom. The molecular weight excluding hydrogens is 417 g/mol. The zero-order valence-electron chi connectivity index (χ0n) is 15.8. The monoisotopic (exact) mass is 436 g/mol. The van der Waals surface area contributed by atoms with Gasteiger partial charge < -0.3 is 11.1 Å². The molecule has 0 unspecified atom stereocenters. The number of carbonyl (C=O) groups excluding carboxylic acids is 1. The number of halogens is 4. The van der Waals surface area contributed by atoms with Crippen LogP contribution in [-0.4, -0.2) is 15.8 Å². The molecule has 0 amide bonds. The van der Waals surface area contributed by atoms with Crippen molar-refractivity contribution in [2.45, 2.75) is 25.7 Å². The van der Waals surface area contributed by atoms with Crippen molar-refractivity contribution in [3.8, 4) is 0 Å². The predicted octanol–water partition coefficient (Wildman–Crippen LogP) is 4.41. The summed E-state index contributed by atoms with van der Waals surface area (Å²) in [7, 11) is 0. The summed E-state index contributed by atoms with van der Waals surface area (Å²) in [4.78, 5) is 20.7. The van der Waals surface area contributed by atoms with Gasteiger partial charge in [0.15, 0.2) is 5.78 Å². The van der Waals surface area contributed by atoms with E-state index in [-0.39, 0.29) is 24.6 Å². The number of ketones is 1. The summed E-state index contributed by atoms with van der Waals surface area (Å²) < 4.78 is 38.5. The van der Waals surface area contributed by atoms with Crippen molar-refractivity contribution >= 4 is 24.0 Å². The molecule has 1 aromatic heterocycles. The van der Waals surface area contributed by atoms with Gasteiger partial charge >= 0.3 is 6.18 Å². The normalized spacial score (nSPS) is 10.9. The van der Waals surface area contributed by atoms with E-state index in [1.165, 1.54) is 18.5 Å². The molecule has 0 saturated carbocycles. The molecule has 5 nitrogen and oxygen atoms in total. The first-order chi connectivity index (χ1) is 13.8. The van der Waals surface area contributed by atoms with Crippen molar-refractivity contribution in [2.75, 3.05) is 5.32 Å². The van der Waals surface area contributed by atoms with Crippen molar-refractivity contribution in [2.24, 2.45) is 5.73 Å². The number of hydrogen-bond donors (Lipinski definition) is 2. The smallest absolute Gasteiger partial charge is 0.366 e. The SMILES string of the molecule is Cl.NCc1cc(NCc2cccc(C(=O)Cc3cccc(C(F)(F)F)c3)c2)ncn1. The van der Waals surface area contributed by atoms with Crippen molar-refractivity contribution in [1.82, 2.24) is 9.97 Å². The zero-order chi connectivity index (χ0) is 20.9. The number of alkyl halides is 3. The van der Waals surface area contributed by atoms with Crippen molar-refractivity contribution in [1.29, 1.82) is 0 Å². The van der Waals surface area contributed by atoms with Gasteiger partial charge in [0.05, 0.1) is 11.3 Å². The van der Waals surface area contributed by atoms with Crippen LogP contribution in [0.25, 0.3) is 0 Å². The second-order valence-electron chi connectivity index (χ2n) is 6.45. The fourth-order valence-electron chi connectivity index (χ4n) is 2.80. The fourth-order valence-corrected chi connectivity index (χ4v) is 2.80. The third-order valence-electron chi connectivity index (χ3n) is 4.27. The highest BCUT2D eigenvalue weighted by Gasteiger charge is 2.30. The number of nitrogens with two attached hydrogens (primary N) is 1. The van der Waals surface area contributed by atoms with Crippen molar-refractivity contribution in [3.05, 3.63) is 88.9 Å². The molecule has 2 aromatic carbocycles. The summed E-state index contributed by atoms with van der Waals surface area (Å²) in [6, 6.07) is 13.5. The van der Waals surface area contributed by atoms with Crippen molar-refractivity contribution in [3.63, 3.8) is 0 Å². The van der Waals surface area contributed by atoms with Gasteiger partial charge in [-0.1, -0.05) is 36.4 Å². The maximum absolute atomic E-state index is 12.8. The third kappa shape index (κ3) is 6.27. The molecule has 0 bridgehead atoms. The molecule has 0 radical (unpaired) electrons. The summed E-state index contributed by atoms with van der Waals surface area (Å²) in [5.41, 5.74) is 7.10. The van der Waals surface area contributed by atoms with Gasteiger partial charge in [-0.05, 0) is 23.3 Å². The first kappa shape index (κ1) is 23.3. The maximum Gasteiger partial charge on any atom is 0.416 e. The molecule has 30 heavy (non-hydrogen) atoms. The lowest BCUT2D eigenvalue weighted by molar-refractivity contribution is -0.137. The molecule has 0 aliphatic rings. The van der Waals surface area contributed by atoms with Gasteiger partial charge in [-0.3, -0.25) is 4.79 Å². The number of rotatable bonds is 7. The van der Waals surface area contributed by atoms with Crippen LogP contribution in [0.15, 0.2) is 60.9 Å². The van der Waals surface area contributed by atoms with E-state index < -0.39 is 11.7 Å². The average Bonchev–Trinajstić information content (AvgIpc) is 2.72. The van der Waals surface area contributed by atoms with E-state index in [1.54, 1.807) is 24.3 Å². The standard InChI is InChI=1S/C21H19F3N4O.ClH/c22-21(23,24)17-6-2-3-14(8-17)9-19(29)16-5-1-4-15(7-16)12-26-20-10-18(11-25)27-13-28-20;/h1-8,10,13H,9,11-12,25H2,(H,26,27,28);1H. The summed E-state index contributed by atoms with van der Waals surface area (Å²) in [5, 5.41) is 3.13. The van der Waals surface area contributed by atoms with Crippen LogP contribution in [-0.2, 0) is 25.7 Å². The molecule has 0 atom stereocenters. The first-order valence-corrected chi connectivity index (χ1v) is 8.88. The van der Waals surface area contributed by atoms with E-state index in [0.29, 0.717) is 35.7 Å². The molecule has 0 saturated heterocycles. The molecule has 0 fully saturated rings. The number of aromatic nitrogens is 2. The van der Waals surface area contributed by atoms with Crippen molar-refractivity contribution < 1.29 is 18.0 Å². The van der Waals surface area contributed by atoms with Crippen LogP contribution in [0.1, 0.15) is 32.7 Å². The van der Waals surface area contributed by atoms with E-state index in [9.17, 15) is 18.0 Å². The number of anilines is 1. The molecular formula is C21H20ClF3N4O. The second kappa shape index (κ2) is 10.2. The topological polar surface area (TPSA) is 80.9 Å². The lowest BCUT2D eigenvalue weighted by Gasteiger charge is -2.10. The molecule has 0 spiro atoms. The van der Waals surface area contributed by atoms with Crippen LogP contribution in [0.4, 0.5) is 19.0 Å². The summed E-state index contributed by atoms with van der Waals surface area (Å²) >= 11 is 0. The average molecular weight is 437 g/mol. The van der Waals surface area contributed by atoms with Crippen LogP contribution in [0.2, 0.25) is 0 Å². The van der Waals surface area contributed by atoms with Gasteiger partial charge in [0.25, 0.3) is 0 Å². The minimum atomic E-state index is -4.44. The molecule has 3 N–H and O–H groups in total. The summed E-state index contributed by atoms with van der Waals surface area (Å²) in [6.45, 7) is 0.725. The Morgan fingerprint density at radius 3 is 2.47 bits per heavy atom. The van der Waals surface area contributed by atoms with Crippen LogP contribution in [0.3, 0.4) is 0 Å². The Morgan fingerprint density at radius 1 is 1.00 bits per heavy atom. The minimum Gasteiger partial charge on any atom is -0.366 e. The first-order valence-electron chi connectivity index (χ1n) is 8.88. The van der Waals surface area contributed by atoms with Gasteiger partial charge in [-0.2, -0.15) is 13.2 Å². The quantitative estimate of drug-likeness (QED) is 0.536. The number of Topliss-reactive ketones (excluding diaryl/α,β-unsaturated/α-hetero) is 1. The van der Waals surface area contributed by atoms with E-state index in [1.807, 2.05) is 6.07 Å². The molecule has 3 rings (SSSR count). The minimum absolute atomic E-state index is 0. The number of benzene rings is 2. The lowest BCUT2D eigenvalue weighted by atomic mass is 10.00. The highest BCUT2D eigenvalue weighted by atomic mass is 35.5. The molecule has 3 aromatic rings. The van der Waals surface area contributed by atoms with E-state index >= 15 is 0 Å². The van der Waals surface area contributed by atoms with Gasteiger partial charge in [0, 0.05) is 31.1 Å². The van der Waals surface area contributed by atoms with Gasteiger partial charge in [-0.15, -0.1) is 12.4 Å². The van der Waals surface area contributed by atoms with E-state index in [4.69, 9.17) is 5.73 Å². The van der Waals surface area contributed by atoms with E-state index in [2.05, 4.69) is 15.3 Å². The number of carbonyl (C=O) groups is 1. The number of hydrogen-bond acceptors (Lipinski definition) is 5. The molecule has 0 aliphatic carbocycles. The molecule has 9 heteroatoms. The van der Waals surface area contributed by atoms with Gasteiger partial charge in [-0.25, -0.2) is 9.97 Å². The lowest BCUT2D eigenvalue weighted by Crippen LogP contribution is -2.09. The third-order valence-corrected chi connectivity index (χ3v) is 4.27. The van der Waals surface area contributed by atoms with Crippen LogP contribution < -0.4 is 11.1 Å². The van der Waals surface area contributed by atoms with Crippen LogP contribution in [0, 0.1) is 0 Å². The Bertz CT molecular complexity index is 1010. The summed E-state index contributed by atoms with van der Waals surface area (Å²) in [5.74, 6) is 0.361. The zero-order valence-corrected chi connectivity index (χ0v) is 16.6. The van der Waals surface area contributed by atoms with Crippen LogP contribution in [0.5, 0.6) is 0 Å². The fraction of sp³-hybridized carbons (Fsp3) is 0.190. The molecule has 1 heterocycles. The van der Waals surface area contributed by atoms with Gasteiger partial charge in [0.1, 0.15) is 12.1 Å². The highest BCUT2D eigenvalue weighted by molar-refractivity contribution is 5.97. The number of nitrogens with zero attached hydrogens (tertiary/aromatic N) is 2. The molecule has 158 valence electrons. The Balaban J connectivity index is 0.00000320. The Kier molecular flexibility index (Phi) is 7.91. The largest absolute Gasteiger partial charge is 0.416 e. The Hall–Kier alpha value is -2.97. The van der Waals surface area contributed by atoms with E-state index in [0.717, 1.165) is 17.7 Å². The van der Waals surface area contributed by atoms with Crippen LogP contribution >= 0.6 is 12.4 Å². The predicted molar refractivity (Wildman–Crippen MR) is 110 cm³/mol.